The lowest BCUT2D eigenvalue weighted by molar-refractivity contribution is -0.117. The van der Waals surface area contributed by atoms with Crippen LogP contribution in [0.15, 0.2) is 35.9 Å². The Balaban J connectivity index is 1.76. The number of likely N-dealkylation sites (N-methyl/N-ethyl adjacent to an activating group) is 1. The highest BCUT2D eigenvalue weighted by Gasteiger charge is 2.29. The molecule has 1 aromatic heterocycles. The molecule has 158 valence electrons. The lowest BCUT2D eigenvalue weighted by atomic mass is 10.1. The highest BCUT2D eigenvalue weighted by atomic mass is 16.5. The maximum atomic E-state index is 12.6. The molecule has 1 N–H and O–H groups in total. The second kappa shape index (κ2) is 9.19. The summed E-state index contributed by atoms with van der Waals surface area (Å²) in [6.45, 7) is 6.62. The molecule has 1 heterocycles. The van der Waals surface area contributed by atoms with E-state index in [1.54, 1.807) is 13.2 Å². The van der Waals surface area contributed by atoms with Crippen LogP contribution in [0.2, 0.25) is 0 Å². The van der Waals surface area contributed by atoms with E-state index in [1.165, 1.54) is 12.8 Å². The van der Waals surface area contributed by atoms with Gasteiger partial charge in [-0.3, -0.25) is 9.69 Å². The van der Waals surface area contributed by atoms with Crippen molar-refractivity contribution in [2.45, 2.75) is 45.7 Å². The molecule has 1 fully saturated rings. The number of carbonyl (C=O) groups excluding carboxylic acids is 1. The number of amides is 1. The molecule has 0 saturated heterocycles. The monoisotopic (exact) mass is 406 g/mol. The summed E-state index contributed by atoms with van der Waals surface area (Å²) in [4.78, 5) is 14.9. The topological polar surface area (TPSA) is 70.3 Å². The number of aromatic nitrogens is 1. The van der Waals surface area contributed by atoms with Crippen molar-refractivity contribution in [3.8, 4) is 17.5 Å². The molecule has 1 atom stereocenters. The quantitative estimate of drug-likeness (QED) is 0.537. The van der Waals surface area contributed by atoms with Crippen molar-refractivity contribution in [2.75, 3.05) is 20.7 Å². The normalized spacial score (nSPS) is 15.0. The highest BCUT2D eigenvalue weighted by molar-refractivity contribution is 6.01. The molecule has 6 heteroatoms. The van der Waals surface area contributed by atoms with Crippen LogP contribution in [0.25, 0.3) is 11.8 Å². The van der Waals surface area contributed by atoms with E-state index < -0.39 is 0 Å². The lowest BCUT2D eigenvalue weighted by Crippen LogP contribution is -2.41. The minimum atomic E-state index is -0.331. The summed E-state index contributed by atoms with van der Waals surface area (Å²) in [6.07, 6.45) is 4.12. The largest absolute Gasteiger partial charge is 0.497 e. The van der Waals surface area contributed by atoms with Gasteiger partial charge in [0.1, 0.15) is 17.4 Å². The first kappa shape index (κ1) is 21.7. The Morgan fingerprint density at radius 3 is 2.60 bits per heavy atom. The van der Waals surface area contributed by atoms with Crippen LogP contribution in [-0.2, 0) is 4.79 Å². The summed E-state index contributed by atoms with van der Waals surface area (Å²) in [5.74, 6) is 0.467. The number of rotatable bonds is 8. The summed E-state index contributed by atoms with van der Waals surface area (Å²) in [5.41, 5.74) is 3.98. The molecule has 1 amide bonds. The van der Waals surface area contributed by atoms with Gasteiger partial charge in [0.25, 0.3) is 5.91 Å². The summed E-state index contributed by atoms with van der Waals surface area (Å²) < 4.78 is 7.33. The first-order valence-electron chi connectivity index (χ1n) is 10.3. The van der Waals surface area contributed by atoms with E-state index in [4.69, 9.17) is 4.74 Å². The van der Waals surface area contributed by atoms with Crippen molar-refractivity contribution in [3.05, 3.63) is 52.9 Å². The average Bonchev–Trinajstić information content (AvgIpc) is 3.56. The van der Waals surface area contributed by atoms with Crippen molar-refractivity contribution in [1.29, 1.82) is 5.26 Å². The van der Waals surface area contributed by atoms with E-state index in [1.807, 2.05) is 44.2 Å². The zero-order valence-corrected chi connectivity index (χ0v) is 18.4. The molecule has 0 aliphatic heterocycles. The Kier molecular flexibility index (Phi) is 6.63. The van der Waals surface area contributed by atoms with Crippen molar-refractivity contribution in [2.24, 2.45) is 0 Å². The zero-order chi connectivity index (χ0) is 21.8. The third-order valence-corrected chi connectivity index (χ3v) is 5.84. The fourth-order valence-corrected chi connectivity index (χ4v) is 3.69. The van der Waals surface area contributed by atoms with Gasteiger partial charge in [0, 0.05) is 35.7 Å². The number of benzene rings is 1. The van der Waals surface area contributed by atoms with Crippen LogP contribution in [0, 0.1) is 25.2 Å². The Bertz CT molecular complexity index is 978. The molecule has 6 nitrogen and oxygen atoms in total. The molecular formula is C24H30N4O2. The van der Waals surface area contributed by atoms with Crippen LogP contribution in [0.4, 0.5) is 0 Å². The van der Waals surface area contributed by atoms with Gasteiger partial charge in [-0.2, -0.15) is 5.26 Å². The second-order valence-electron chi connectivity index (χ2n) is 7.99. The van der Waals surface area contributed by atoms with E-state index in [0.29, 0.717) is 12.6 Å². The Labute approximate surface area is 178 Å². The molecule has 1 aliphatic rings. The number of aryl methyl sites for hydroxylation is 1. The standard InChI is InChI=1S/C24H30N4O2/c1-16-12-19(18(3)28(16)22-8-10-23(30-5)11-9-22)13-20(14-25)24(29)26-15-17(2)27(4)21-6-7-21/h8-13,17,21H,6-7,15H2,1-5H3,(H,26,29)/b20-13+. The Morgan fingerprint density at radius 1 is 1.37 bits per heavy atom. The third-order valence-electron chi connectivity index (χ3n) is 5.84. The minimum absolute atomic E-state index is 0.117. The number of nitrogens with zero attached hydrogens (tertiary/aromatic N) is 3. The molecule has 1 unspecified atom stereocenters. The van der Waals surface area contributed by atoms with Crippen LogP contribution in [-0.4, -0.2) is 48.2 Å². The van der Waals surface area contributed by atoms with Crippen molar-refractivity contribution in [1.82, 2.24) is 14.8 Å². The van der Waals surface area contributed by atoms with Crippen LogP contribution < -0.4 is 10.1 Å². The van der Waals surface area contributed by atoms with Gasteiger partial charge in [-0.1, -0.05) is 0 Å². The summed E-state index contributed by atoms with van der Waals surface area (Å²) in [7, 11) is 3.73. The van der Waals surface area contributed by atoms with E-state index >= 15 is 0 Å². The fraction of sp³-hybridized carbons (Fsp3) is 0.417. The van der Waals surface area contributed by atoms with E-state index in [-0.39, 0.29) is 17.5 Å². The first-order valence-corrected chi connectivity index (χ1v) is 10.3. The predicted octanol–water partition coefficient (Wildman–Crippen LogP) is 3.61. The molecule has 3 rings (SSSR count). The number of carbonyl (C=O) groups is 1. The van der Waals surface area contributed by atoms with Gasteiger partial charge in [-0.05, 0) is 82.6 Å². The van der Waals surface area contributed by atoms with Gasteiger partial charge in [0.05, 0.1) is 7.11 Å². The SMILES string of the molecule is COc1ccc(-n2c(C)cc(/C=C(\C#N)C(=O)NCC(C)N(C)C3CC3)c2C)cc1. The Hall–Kier alpha value is -3.04. The molecule has 0 spiro atoms. The average molecular weight is 407 g/mol. The molecule has 1 aromatic carbocycles. The minimum Gasteiger partial charge on any atom is -0.497 e. The number of methoxy groups -OCH3 is 1. The van der Waals surface area contributed by atoms with Crippen LogP contribution >= 0.6 is 0 Å². The van der Waals surface area contributed by atoms with Crippen LogP contribution in [0.3, 0.4) is 0 Å². The van der Waals surface area contributed by atoms with E-state index in [0.717, 1.165) is 28.4 Å². The summed E-state index contributed by atoms with van der Waals surface area (Å²) >= 11 is 0. The lowest BCUT2D eigenvalue weighted by Gasteiger charge is -2.24. The van der Waals surface area contributed by atoms with Gasteiger partial charge in [-0.15, -0.1) is 0 Å². The fourth-order valence-electron chi connectivity index (χ4n) is 3.69. The molecular weight excluding hydrogens is 376 g/mol. The molecule has 1 saturated carbocycles. The first-order chi connectivity index (χ1) is 14.3. The predicted molar refractivity (Wildman–Crippen MR) is 119 cm³/mol. The third kappa shape index (κ3) is 4.74. The number of hydrogen-bond donors (Lipinski definition) is 1. The molecule has 1 aliphatic carbocycles. The number of hydrogen-bond acceptors (Lipinski definition) is 4. The van der Waals surface area contributed by atoms with Crippen LogP contribution in [0.1, 0.15) is 36.7 Å². The van der Waals surface area contributed by atoms with Crippen LogP contribution in [0.5, 0.6) is 5.75 Å². The highest BCUT2D eigenvalue weighted by Crippen LogP contribution is 2.27. The molecule has 0 bridgehead atoms. The van der Waals surface area contributed by atoms with Gasteiger partial charge in [-0.25, -0.2) is 0 Å². The smallest absolute Gasteiger partial charge is 0.262 e. The van der Waals surface area contributed by atoms with Gasteiger partial charge in [0.15, 0.2) is 0 Å². The summed E-state index contributed by atoms with van der Waals surface area (Å²) in [5, 5.41) is 12.5. The maximum Gasteiger partial charge on any atom is 0.262 e. The molecule has 0 radical (unpaired) electrons. The molecule has 30 heavy (non-hydrogen) atoms. The van der Waals surface area contributed by atoms with Gasteiger partial charge < -0.3 is 14.6 Å². The Morgan fingerprint density at radius 2 is 2.03 bits per heavy atom. The van der Waals surface area contributed by atoms with Gasteiger partial charge in [0.2, 0.25) is 0 Å². The van der Waals surface area contributed by atoms with E-state index in [9.17, 15) is 10.1 Å². The number of ether oxygens (including phenoxy) is 1. The van der Waals surface area contributed by atoms with E-state index in [2.05, 4.69) is 34.8 Å². The van der Waals surface area contributed by atoms with Crippen molar-refractivity contribution >= 4 is 12.0 Å². The van der Waals surface area contributed by atoms with Crippen molar-refractivity contribution < 1.29 is 9.53 Å². The summed E-state index contributed by atoms with van der Waals surface area (Å²) in [6, 6.07) is 12.7. The van der Waals surface area contributed by atoms with Crippen molar-refractivity contribution in [3.63, 3.8) is 0 Å². The maximum absolute atomic E-state index is 12.6. The van der Waals surface area contributed by atoms with Gasteiger partial charge >= 0.3 is 0 Å². The zero-order valence-electron chi connectivity index (χ0n) is 18.4. The molecule has 2 aromatic rings. The number of nitrogens with one attached hydrogen (secondary N) is 1. The number of nitriles is 1. The second-order valence-corrected chi connectivity index (χ2v) is 7.99.